The standard InChI is InChI=1S/C11H10F2O/c12-9-4-1-5-10(13)11(9)8-3-2-6-14-7-8/h4-6,8H,2-3,7H2. The van der Waals surface area contributed by atoms with E-state index in [4.69, 9.17) is 4.74 Å². The molecule has 1 aliphatic heterocycles. The number of halogens is 2. The molecule has 1 nitrogen and oxygen atoms in total. The molecule has 1 unspecified atom stereocenters. The Kier molecular flexibility index (Phi) is 2.77. The van der Waals surface area contributed by atoms with Gasteiger partial charge >= 0.3 is 0 Å². The maximum atomic E-state index is 13.3. The van der Waals surface area contributed by atoms with Gasteiger partial charge in [0.15, 0.2) is 0 Å². The first-order chi connectivity index (χ1) is 6.79. The number of benzene rings is 1. The lowest BCUT2D eigenvalue weighted by Crippen LogP contribution is -2.15. The molecule has 0 amide bonds. The number of hydrogen-bond acceptors (Lipinski definition) is 1. The van der Waals surface area contributed by atoms with Gasteiger partial charge in [-0.2, -0.15) is 0 Å². The van der Waals surface area contributed by atoms with E-state index < -0.39 is 11.6 Å². The molecule has 1 heterocycles. The van der Waals surface area contributed by atoms with Crippen LogP contribution in [0.4, 0.5) is 8.78 Å². The molecule has 3 heteroatoms. The molecule has 0 aliphatic carbocycles. The lowest BCUT2D eigenvalue weighted by atomic mass is 9.93. The van der Waals surface area contributed by atoms with Crippen molar-refractivity contribution >= 4 is 0 Å². The van der Waals surface area contributed by atoms with Gasteiger partial charge in [0.1, 0.15) is 11.6 Å². The first-order valence-electron chi connectivity index (χ1n) is 4.57. The minimum atomic E-state index is -0.527. The molecule has 1 saturated heterocycles. The zero-order chi connectivity index (χ0) is 9.97. The monoisotopic (exact) mass is 196 g/mol. The average Bonchev–Trinajstić information content (AvgIpc) is 2.19. The van der Waals surface area contributed by atoms with E-state index in [0.29, 0.717) is 6.61 Å². The zero-order valence-corrected chi connectivity index (χ0v) is 7.59. The second-order valence-electron chi connectivity index (χ2n) is 3.34. The van der Waals surface area contributed by atoms with Gasteiger partial charge in [-0.25, -0.2) is 8.78 Å². The molecule has 0 N–H and O–H groups in total. The molecule has 0 aromatic heterocycles. The molecular weight excluding hydrogens is 186 g/mol. The van der Waals surface area contributed by atoms with Crippen LogP contribution in [0.2, 0.25) is 0 Å². The maximum Gasteiger partial charge on any atom is 0.130 e. The summed E-state index contributed by atoms with van der Waals surface area (Å²) >= 11 is 0. The minimum absolute atomic E-state index is 0.136. The van der Waals surface area contributed by atoms with Crippen LogP contribution in [0.5, 0.6) is 0 Å². The molecule has 2 radical (unpaired) electrons. The lowest BCUT2D eigenvalue weighted by molar-refractivity contribution is 0.133. The Morgan fingerprint density at radius 3 is 2.57 bits per heavy atom. The fraction of sp³-hybridized carbons (Fsp3) is 0.364. The van der Waals surface area contributed by atoms with Gasteiger partial charge in [-0.1, -0.05) is 0 Å². The summed E-state index contributed by atoms with van der Waals surface area (Å²) in [6.45, 7) is 2.04. The average molecular weight is 196 g/mol. The van der Waals surface area contributed by atoms with Crippen molar-refractivity contribution in [1.82, 2.24) is 0 Å². The summed E-state index contributed by atoms with van der Waals surface area (Å²) in [4.78, 5) is 0. The van der Waals surface area contributed by atoms with Crippen molar-refractivity contribution in [3.63, 3.8) is 0 Å². The van der Waals surface area contributed by atoms with Gasteiger partial charge in [0.25, 0.3) is 0 Å². The van der Waals surface area contributed by atoms with E-state index in [-0.39, 0.29) is 11.5 Å². The molecule has 0 saturated carbocycles. The van der Waals surface area contributed by atoms with Crippen molar-refractivity contribution in [2.75, 3.05) is 6.61 Å². The third kappa shape index (κ3) is 1.77. The fourth-order valence-electron chi connectivity index (χ4n) is 1.70. The highest BCUT2D eigenvalue weighted by atomic mass is 19.1. The van der Waals surface area contributed by atoms with Crippen LogP contribution in [0.1, 0.15) is 24.3 Å². The largest absolute Gasteiger partial charge is 0.375 e. The van der Waals surface area contributed by atoms with Crippen LogP contribution < -0.4 is 0 Å². The summed E-state index contributed by atoms with van der Waals surface area (Å²) in [5.41, 5.74) is 0.136. The third-order valence-corrected chi connectivity index (χ3v) is 2.39. The highest BCUT2D eigenvalue weighted by Gasteiger charge is 2.22. The van der Waals surface area contributed by atoms with Crippen molar-refractivity contribution in [2.45, 2.75) is 18.8 Å². The number of hydrogen-bond donors (Lipinski definition) is 0. The van der Waals surface area contributed by atoms with Crippen LogP contribution >= 0.6 is 0 Å². The highest BCUT2D eigenvalue weighted by Crippen LogP contribution is 2.30. The summed E-state index contributed by atoms with van der Waals surface area (Å²) in [7, 11) is 0. The quantitative estimate of drug-likeness (QED) is 0.671. The highest BCUT2D eigenvalue weighted by molar-refractivity contribution is 5.23. The summed E-state index contributed by atoms with van der Waals surface area (Å²) < 4.78 is 31.7. The molecule has 14 heavy (non-hydrogen) atoms. The molecule has 1 aliphatic rings. The Hall–Kier alpha value is -0.960. The predicted octanol–water partition coefficient (Wildman–Crippen LogP) is 2.82. The van der Waals surface area contributed by atoms with Crippen molar-refractivity contribution in [2.24, 2.45) is 0 Å². The Balaban J connectivity index is 2.29. The summed E-state index contributed by atoms with van der Waals surface area (Å²) in [5.74, 6) is -1.23. The molecule has 1 atom stereocenters. The van der Waals surface area contributed by atoms with Gasteiger partial charge in [-0.05, 0) is 31.0 Å². The van der Waals surface area contributed by atoms with Gasteiger partial charge < -0.3 is 4.74 Å². The predicted molar refractivity (Wildman–Crippen MR) is 47.4 cm³/mol. The molecular formula is C11H10F2O. The molecule has 74 valence electrons. The van der Waals surface area contributed by atoms with Crippen molar-refractivity contribution < 1.29 is 13.5 Å². The Morgan fingerprint density at radius 2 is 2.00 bits per heavy atom. The molecule has 0 spiro atoms. The smallest absolute Gasteiger partial charge is 0.130 e. The molecule has 1 aromatic rings. The van der Waals surface area contributed by atoms with Gasteiger partial charge in [0.2, 0.25) is 0 Å². The molecule has 2 rings (SSSR count). The normalized spacial score (nSPS) is 22.3. The first kappa shape index (κ1) is 9.59. The SMILES string of the molecule is Fc1c[c]cc(F)c1C1CC[CH]OC1. The first-order valence-corrected chi connectivity index (χ1v) is 4.57. The van der Waals surface area contributed by atoms with E-state index in [0.717, 1.165) is 25.0 Å². The van der Waals surface area contributed by atoms with Crippen molar-refractivity contribution in [3.8, 4) is 0 Å². The van der Waals surface area contributed by atoms with E-state index in [1.165, 1.54) is 0 Å². The Labute approximate surface area is 81.7 Å². The van der Waals surface area contributed by atoms with Crippen LogP contribution in [0.25, 0.3) is 0 Å². The Bertz CT molecular complexity index is 299. The van der Waals surface area contributed by atoms with E-state index in [9.17, 15) is 8.78 Å². The van der Waals surface area contributed by atoms with E-state index in [1.807, 2.05) is 0 Å². The lowest BCUT2D eigenvalue weighted by Gasteiger charge is -2.22. The van der Waals surface area contributed by atoms with E-state index >= 15 is 0 Å². The summed E-state index contributed by atoms with van der Waals surface area (Å²) in [6, 6.07) is 4.74. The fourth-order valence-corrected chi connectivity index (χ4v) is 1.70. The van der Waals surface area contributed by atoms with Crippen LogP contribution in [0, 0.1) is 24.3 Å². The molecule has 1 fully saturated rings. The summed E-state index contributed by atoms with van der Waals surface area (Å²) in [5, 5.41) is 0. The maximum absolute atomic E-state index is 13.3. The van der Waals surface area contributed by atoms with E-state index in [2.05, 4.69) is 6.07 Å². The van der Waals surface area contributed by atoms with E-state index in [1.54, 1.807) is 6.61 Å². The molecule has 1 aromatic carbocycles. The zero-order valence-electron chi connectivity index (χ0n) is 7.59. The van der Waals surface area contributed by atoms with Gasteiger partial charge in [-0.3, -0.25) is 0 Å². The number of ether oxygens (including phenoxy) is 1. The summed E-state index contributed by atoms with van der Waals surface area (Å²) in [6.07, 6.45) is 1.47. The van der Waals surface area contributed by atoms with Gasteiger partial charge in [-0.15, -0.1) is 0 Å². The van der Waals surface area contributed by atoms with Crippen molar-refractivity contribution in [1.29, 1.82) is 0 Å². The van der Waals surface area contributed by atoms with Gasteiger partial charge in [0, 0.05) is 11.5 Å². The second-order valence-corrected chi connectivity index (χ2v) is 3.34. The second kappa shape index (κ2) is 4.05. The molecule has 0 bridgehead atoms. The van der Waals surface area contributed by atoms with Crippen LogP contribution in [0.15, 0.2) is 12.1 Å². The topological polar surface area (TPSA) is 9.23 Å². The number of rotatable bonds is 1. The third-order valence-electron chi connectivity index (χ3n) is 2.39. The van der Waals surface area contributed by atoms with Crippen LogP contribution in [-0.4, -0.2) is 6.61 Å². The Morgan fingerprint density at radius 1 is 1.29 bits per heavy atom. The minimum Gasteiger partial charge on any atom is -0.375 e. The van der Waals surface area contributed by atoms with Crippen LogP contribution in [0.3, 0.4) is 0 Å². The van der Waals surface area contributed by atoms with Crippen molar-refractivity contribution in [3.05, 3.63) is 42.0 Å². The van der Waals surface area contributed by atoms with Gasteiger partial charge in [0.05, 0.1) is 13.2 Å². The van der Waals surface area contributed by atoms with Crippen LogP contribution in [-0.2, 0) is 4.74 Å².